The first-order valence-electron chi connectivity index (χ1n) is 6.23. The predicted molar refractivity (Wildman–Crippen MR) is 69.8 cm³/mol. The molecule has 0 radical (unpaired) electrons. The number of rotatable bonds is 5. The fourth-order valence-corrected chi connectivity index (χ4v) is 2.34. The van der Waals surface area contributed by atoms with E-state index >= 15 is 0 Å². The molecule has 16 heavy (non-hydrogen) atoms. The van der Waals surface area contributed by atoms with E-state index in [4.69, 9.17) is 0 Å². The number of aliphatic hydroxyl groups excluding tert-OH is 1. The molecule has 1 aromatic rings. The Hall–Kier alpha value is -0.820. The highest BCUT2D eigenvalue weighted by molar-refractivity contribution is 5.35. The first-order chi connectivity index (χ1) is 7.56. The summed E-state index contributed by atoms with van der Waals surface area (Å²) >= 11 is 0. The molecule has 1 heteroatoms. The van der Waals surface area contributed by atoms with Crippen LogP contribution in [0.15, 0.2) is 18.2 Å². The molecule has 0 aliphatic heterocycles. The molecule has 90 valence electrons. The summed E-state index contributed by atoms with van der Waals surface area (Å²) in [5, 5.41) is 9.17. The third kappa shape index (κ3) is 3.34. The summed E-state index contributed by atoms with van der Waals surface area (Å²) in [5.41, 5.74) is 4.16. The smallest absolute Gasteiger partial charge is 0.0436 e. The van der Waals surface area contributed by atoms with Crippen molar-refractivity contribution >= 4 is 0 Å². The Labute approximate surface area is 99.5 Å². The highest BCUT2D eigenvalue weighted by Crippen LogP contribution is 2.30. The lowest BCUT2D eigenvalue weighted by molar-refractivity contribution is 0.267. The van der Waals surface area contributed by atoms with Crippen LogP contribution in [0.1, 0.15) is 49.3 Å². The molecular weight excluding hydrogens is 196 g/mol. The van der Waals surface area contributed by atoms with E-state index in [1.165, 1.54) is 16.7 Å². The van der Waals surface area contributed by atoms with Gasteiger partial charge in [0.1, 0.15) is 0 Å². The molecule has 0 bridgehead atoms. The van der Waals surface area contributed by atoms with Crippen molar-refractivity contribution in [1.29, 1.82) is 0 Å². The Morgan fingerprint density at radius 3 is 2.44 bits per heavy atom. The van der Waals surface area contributed by atoms with E-state index in [1.54, 1.807) is 0 Å². The van der Waals surface area contributed by atoms with Gasteiger partial charge in [0.2, 0.25) is 0 Å². The molecule has 0 saturated heterocycles. The molecule has 0 spiro atoms. The van der Waals surface area contributed by atoms with Crippen molar-refractivity contribution in [2.24, 2.45) is 5.92 Å². The second kappa shape index (κ2) is 6.05. The number of hydrogen-bond acceptors (Lipinski definition) is 1. The molecule has 0 fully saturated rings. The second-order valence-corrected chi connectivity index (χ2v) is 5.13. The molecule has 0 saturated carbocycles. The van der Waals surface area contributed by atoms with Gasteiger partial charge in [-0.3, -0.25) is 0 Å². The number of aryl methyl sites for hydroxylation is 1. The van der Waals surface area contributed by atoms with E-state index in [-0.39, 0.29) is 6.61 Å². The lowest BCUT2D eigenvalue weighted by Crippen LogP contribution is -2.07. The van der Waals surface area contributed by atoms with Crippen molar-refractivity contribution in [2.45, 2.75) is 46.5 Å². The standard InChI is InChI=1S/C15H24O/c1-11(2)10-14(8-9-16)15-7-5-6-12(3)13(15)4/h5-7,11,14,16H,8-10H2,1-4H3. The van der Waals surface area contributed by atoms with Crippen molar-refractivity contribution < 1.29 is 5.11 Å². The molecule has 1 unspecified atom stereocenters. The normalized spacial score (nSPS) is 13.1. The highest BCUT2D eigenvalue weighted by atomic mass is 16.3. The summed E-state index contributed by atoms with van der Waals surface area (Å²) in [5.74, 6) is 1.18. The number of benzene rings is 1. The summed E-state index contributed by atoms with van der Waals surface area (Å²) in [4.78, 5) is 0. The summed E-state index contributed by atoms with van der Waals surface area (Å²) in [6.07, 6.45) is 2.04. The monoisotopic (exact) mass is 220 g/mol. The van der Waals surface area contributed by atoms with Gasteiger partial charge in [-0.1, -0.05) is 32.0 Å². The van der Waals surface area contributed by atoms with Crippen molar-refractivity contribution in [1.82, 2.24) is 0 Å². The van der Waals surface area contributed by atoms with E-state index in [0.29, 0.717) is 11.8 Å². The molecule has 1 atom stereocenters. The van der Waals surface area contributed by atoms with E-state index in [9.17, 15) is 5.11 Å². The van der Waals surface area contributed by atoms with Crippen LogP contribution in [0.3, 0.4) is 0 Å². The molecule has 0 aliphatic rings. The summed E-state index contributed by atoms with van der Waals surface area (Å²) < 4.78 is 0. The maximum Gasteiger partial charge on any atom is 0.0436 e. The SMILES string of the molecule is Cc1cccc(C(CCO)CC(C)C)c1C. The van der Waals surface area contributed by atoms with E-state index in [1.807, 2.05) is 0 Å². The van der Waals surface area contributed by atoms with Gasteiger partial charge in [-0.15, -0.1) is 0 Å². The van der Waals surface area contributed by atoms with Gasteiger partial charge in [0.05, 0.1) is 0 Å². The van der Waals surface area contributed by atoms with Crippen LogP contribution in [0.2, 0.25) is 0 Å². The Kier molecular flexibility index (Phi) is 5.01. The highest BCUT2D eigenvalue weighted by Gasteiger charge is 2.15. The zero-order valence-electron chi connectivity index (χ0n) is 11.0. The zero-order valence-corrected chi connectivity index (χ0v) is 11.0. The lowest BCUT2D eigenvalue weighted by Gasteiger charge is -2.21. The van der Waals surface area contributed by atoms with Crippen molar-refractivity contribution in [3.05, 3.63) is 34.9 Å². The van der Waals surface area contributed by atoms with Gasteiger partial charge < -0.3 is 5.11 Å². The maximum atomic E-state index is 9.17. The molecule has 1 rings (SSSR count). The Balaban J connectivity index is 2.96. The molecule has 1 N–H and O–H groups in total. The summed E-state index contributed by atoms with van der Waals surface area (Å²) in [7, 11) is 0. The van der Waals surface area contributed by atoms with Crippen LogP contribution in [0.5, 0.6) is 0 Å². The maximum absolute atomic E-state index is 9.17. The van der Waals surface area contributed by atoms with Gasteiger partial charge >= 0.3 is 0 Å². The lowest BCUT2D eigenvalue weighted by atomic mass is 9.84. The average molecular weight is 220 g/mol. The van der Waals surface area contributed by atoms with Gasteiger partial charge in [-0.2, -0.15) is 0 Å². The fourth-order valence-electron chi connectivity index (χ4n) is 2.34. The fraction of sp³-hybridized carbons (Fsp3) is 0.600. The molecular formula is C15H24O. The average Bonchev–Trinajstić information content (AvgIpc) is 2.21. The first kappa shape index (κ1) is 13.2. The Morgan fingerprint density at radius 1 is 1.19 bits per heavy atom. The van der Waals surface area contributed by atoms with Crippen molar-refractivity contribution in [3.63, 3.8) is 0 Å². The Morgan fingerprint density at radius 2 is 1.88 bits per heavy atom. The molecule has 1 aromatic carbocycles. The van der Waals surface area contributed by atoms with Crippen LogP contribution in [0.25, 0.3) is 0 Å². The predicted octanol–water partition coefficient (Wildman–Crippen LogP) is 3.82. The van der Waals surface area contributed by atoms with E-state index < -0.39 is 0 Å². The van der Waals surface area contributed by atoms with Gasteiger partial charge in [0.15, 0.2) is 0 Å². The van der Waals surface area contributed by atoms with Crippen LogP contribution in [-0.2, 0) is 0 Å². The van der Waals surface area contributed by atoms with Gasteiger partial charge in [0.25, 0.3) is 0 Å². The van der Waals surface area contributed by atoms with Gasteiger partial charge in [-0.05, 0) is 55.2 Å². The topological polar surface area (TPSA) is 20.2 Å². The molecule has 0 aliphatic carbocycles. The van der Waals surface area contributed by atoms with E-state index in [0.717, 1.165) is 12.8 Å². The number of hydrogen-bond donors (Lipinski definition) is 1. The van der Waals surface area contributed by atoms with Crippen LogP contribution in [-0.4, -0.2) is 11.7 Å². The zero-order chi connectivity index (χ0) is 12.1. The van der Waals surface area contributed by atoms with Gasteiger partial charge in [-0.25, -0.2) is 0 Å². The Bertz CT molecular complexity index is 328. The minimum absolute atomic E-state index is 0.283. The molecule has 1 nitrogen and oxygen atoms in total. The van der Waals surface area contributed by atoms with E-state index in [2.05, 4.69) is 45.9 Å². The van der Waals surface area contributed by atoms with Crippen LogP contribution < -0.4 is 0 Å². The first-order valence-corrected chi connectivity index (χ1v) is 6.23. The third-order valence-electron chi connectivity index (χ3n) is 3.32. The van der Waals surface area contributed by atoms with Crippen LogP contribution >= 0.6 is 0 Å². The largest absolute Gasteiger partial charge is 0.396 e. The molecule has 0 amide bonds. The second-order valence-electron chi connectivity index (χ2n) is 5.13. The molecule has 0 heterocycles. The summed E-state index contributed by atoms with van der Waals surface area (Å²) in [6, 6.07) is 6.50. The van der Waals surface area contributed by atoms with Crippen molar-refractivity contribution in [2.75, 3.05) is 6.61 Å². The quantitative estimate of drug-likeness (QED) is 0.800. The third-order valence-corrected chi connectivity index (χ3v) is 3.32. The number of aliphatic hydroxyl groups is 1. The van der Waals surface area contributed by atoms with Gasteiger partial charge in [0, 0.05) is 6.61 Å². The van der Waals surface area contributed by atoms with Crippen molar-refractivity contribution in [3.8, 4) is 0 Å². The minimum atomic E-state index is 0.283. The van der Waals surface area contributed by atoms with Crippen LogP contribution in [0, 0.1) is 19.8 Å². The summed E-state index contributed by atoms with van der Waals surface area (Å²) in [6.45, 7) is 9.12. The molecule has 0 aromatic heterocycles. The van der Waals surface area contributed by atoms with Crippen LogP contribution in [0.4, 0.5) is 0 Å². The minimum Gasteiger partial charge on any atom is -0.396 e.